The van der Waals surface area contributed by atoms with Crippen molar-refractivity contribution in [3.63, 3.8) is 0 Å². The van der Waals surface area contributed by atoms with Crippen LogP contribution in [0.1, 0.15) is 45.4 Å². The second kappa shape index (κ2) is 6.02. The lowest BCUT2D eigenvalue weighted by atomic mass is 9.80. The zero-order valence-electron chi connectivity index (χ0n) is 11.4. The van der Waals surface area contributed by atoms with Crippen LogP contribution in [0.3, 0.4) is 0 Å². The zero-order chi connectivity index (χ0) is 13.0. The van der Waals surface area contributed by atoms with Crippen LogP contribution < -0.4 is 11.1 Å². The van der Waals surface area contributed by atoms with E-state index in [-0.39, 0.29) is 11.4 Å². The molecule has 1 atom stereocenters. The van der Waals surface area contributed by atoms with Gasteiger partial charge in [0.2, 0.25) is 5.91 Å². The Bertz CT molecular complexity index is 280. The SMILES string of the molecule is CC1(NC(=O)CC2CCC(CN)CC2)CCOC1. The van der Waals surface area contributed by atoms with Crippen molar-refractivity contribution in [1.82, 2.24) is 5.32 Å². The molecule has 2 aliphatic rings. The quantitative estimate of drug-likeness (QED) is 0.798. The predicted octanol–water partition coefficient (Wildman–Crippen LogP) is 1.44. The van der Waals surface area contributed by atoms with Crippen molar-refractivity contribution in [2.45, 2.75) is 51.0 Å². The highest BCUT2D eigenvalue weighted by Gasteiger charge is 2.32. The molecule has 1 aliphatic carbocycles. The van der Waals surface area contributed by atoms with Gasteiger partial charge in [-0.25, -0.2) is 0 Å². The maximum Gasteiger partial charge on any atom is 0.220 e. The fourth-order valence-corrected chi connectivity index (χ4v) is 3.09. The first-order valence-electron chi connectivity index (χ1n) is 7.20. The van der Waals surface area contributed by atoms with E-state index < -0.39 is 0 Å². The summed E-state index contributed by atoms with van der Waals surface area (Å²) in [6.45, 7) is 4.29. The number of nitrogens with two attached hydrogens (primary N) is 1. The van der Waals surface area contributed by atoms with Gasteiger partial charge in [-0.05, 0) is 57.4 Å². The molecule has 0 aromatic carbocycles. The summed E-state index contributed by atoms with van der Waals surface area (Å²) in [7, 11) is 0. The highest BCUT2D eigenvalue weighted by atomic mass is 16.5. The third kappa shape index (κ3) is 3.69. The maximum absolute atomic E-state index is 12.0. The van der Waals surface area contributed by atoms with Gasteiger partial charge in [0, 0.05) is 13.0 Å². The Balaban J connectivity index is 1.71. The molecule has 18 heavy (non-hydrogen) atoms. The van der Waals surface area contributed by atoms with Gasteiger partial charge in [0.15, 0.2) is 0 Å². The lowest BCUT2D eigenvalue weighted by molar-refractivity contribution is -0.124. The van der Waals surface area contributed by atoms with E-state index in [1.165, 1.54) is 12.8 Å². The standard InChI is InChI=1S/C14H26N2O2/c1-14(6-7-18-10-14)16-13(17)8-11-2-4-12(9-15)5-3-11/h11-12H,2-10,15H2,1H3,(H,16,17). The largest absolute Gasteiger partial charge is 0.379 e. The first-order valence-corrected chi connectivity index (χ1v) is 7.20. The minimum absolute atomic E-state index is 0.133. The molecule has 1 amide bonds. The van der Waals surface area contributed by atoms with E-state index in [0.29, 0.717) is 24.9 Å². The second-order valence-corrected chi connectivity index (χ2v) is 6.24. The molecule has 4 heteroatoms. The van der Waals surface area contributed by atoms with Gasteiger partial charge in [-0.3, -0.25) is 4.79 Å². The number of amides is 1. The first kappa shape index (κ1) is 13.8. The van der Waals surface area contributed by atoms with Gasteiger partial charge in [0.25, 0.3) is 0 Å². The van der Waals surface area contributed by atoms with Gasteiger partial charge in [0.05, 0.1) is 12.1 Å². The summed E-state index contributed by atoms with van der Waals surface area (Å²) < 4.78 is 5.35. The molecular formula is C14H26N2O2. The molecule has 2 rings (SSSR count). The van der Waals surface area contributed by atoms with Crippen LogP contribution in [0.5, 0.6) is 0 Å². The summed E-state index contributed by atoms with van der Waals surface area (Å²) in [5, 5.41) is 3.14. The first-order chi connectivity index (χ1) is 8.61. The van der Waals surface area contributed by atoms with E-state index in [1.807, 2.05) is 0 Å². The molecule has 2 fully saturated rings. The van der Waals surface area contributed by atoms with Gasteiger partial charge in [-0.2, -0.15) is 0 Å². The number of rotatable bonds is 4. The number of hydrogen-bond acceptors (Lipinski definition) is 3. The molecule has 1 saturated heterocycles. The minimum atomic E-state index is -0.133. The van der Waals surface area contributed by atoms with Crippen molar-refractivity contribution in [2.24, 2.45) is 17.6 Å². The number of carbonyl (C=O) groups excluding carboxylic acids is 1. The van der Waals surface area contributed by atoms with Crippen LogP contribution in [-0.4, -0.2) is 31.2 Å². The summed E-state index contributed by atoms with van der Waals surface area (Å²) in [5.41, 5.74) is 5.55. The second-order valence-electron chi connectivity index (χ2n) is 6.24. The average Bonchev–Trinajstić information content (AvgIpc) is 2.76. The molecule has 0 bridgehead atoms. The van der Waals surface area contributed by atoms with Crippen molar-refractivity contribution in [3.8, 4) is 0 Å². The zero-order valence-corrected chi connectivity index (χ0v) is 11.4. The van der Waals surface area contributed by atoms with E-state index in [0.717, 1.165) is 32.4 Å². The van der Waals surface area contributed by atoms with Crippen LogP contribution >= 0.6 is 0 Å². The molecular weight excluding hydrogens is 228 g/mol. The smallest absolute Gasteiger partial charge is 0.220 e. The normalized spacial score (nSPS) is 36.6. The Kier molecular flexibility index (Phi) is 4.62. The Hall–Kier alpha value is -0.610. The van der Waals surface area contributed by atoms with Gasteiger partial charge >= 0.3 is 0 Å². The third-order valence-electron chi connectivity index (χ3n) is 4.43. The van der Waals surface area contributed by atoms with E-state index in [1.54, 1.807) is 0 Å². The molecule has 0 aromatic heterocycles. The summed E-state index contributed by atoms with van der Waals surface area (Å²) >= 11 is 0. The third-order valence-corrected chi connectivity index (χ3v) is 4.43. The predicted molar refractivity (Wildman–Crippen MR) is 71.1 cm³/mol. The van der Waals surface area contributed by atoms with Crippen LogP contribution in [0, 0.1) is 11.8 Å². The highest BCUT2D eigenvalue weighted by molar-refractivity contribution is 5.77. The summed E-state index contributed by atoms with van der Waals surface area (Å²) in [4.78, 5) is 12.0. The van der Waals surface area contributed by atoms with E-state index in [4.69, 9.17) is 10.5 Å². The molecule has 1 aliphatic heterocycles. The number of ether oxygens (including phenoxy) is 1. The molecule has 0 aromatic rings. The molecule has 1 unspecified atom stereocenters. The molecule has 4 nitrogen and oxygen atoms in total. The van der Waals surface area contributed by atoms with Crippen LogP contribution in [0.4, 0.5) is 0 Å². The molecule has 1 heterocycles. The number of carbonyl (C=O) groups is 1. The Morgan fingerprint density at radius 1 is 1.33 bits per heavy atom. The summed E-state index contributed by atoms with van der Waals surface area (Å²) in [5.74, 6) is 1.43. The Labute approximate surface area is 110 Å². The summed E-state index contributed by atoms with van der Waals surface area (Å²) in [6, 6.07) is 0. The fraction of sp³-hybridized carbons (Fsp3) is 0.929. The monoisotopic (exact) mass is 254 g/mol. The molecule has 0 spiro atoms. The Morgan fingerprint density at radius 2 is 2.00 bits per heavy atom. The maximum atomic E-state index is 12.0. The van der Waals surface area contributed by atoms with E-state index >= 15 is 0 Å². The van der Waals surface area contributed by atoms with Gasteiger partial charge in [-0.15, -0.1) is 0 Å². The average molecular weight is 254 g/mol. The molecule has 3 N–H and O–H groups in total. The van der Waals surface area contributed by atoms with Crippen LogP contribution in [0.2, 0.25) is 0 Å². The van der Waals surface area contributed by atoms with E-state index in [9.17, 15) is 4.79 Å². The summed E-state index contributed by atoms with van der Waals surface area (Å²) in [6.07, 6.45) is 6.29. The van der Waals surface area contributed by atoms with Crippen LogP contribution in [0.25, 0.3) is 0 Å². The van der Waals surface area contributed by atoms with Crippen molar-refractivity contribution in [3.05, 3.63) is 0 Å². The van der Waals surface area contributed by atoms with Gasteiger partial charge < -0.3 is 15.8 Å². The van der Waals surface area contributed by atoms with Crippen molar-refractivity contribution in [1.29, 1.82) is 0 Å². The molecule has 1 saturated carbocycles. The molecule has 104 valence electrons. The van der Waals surface area contributed by atoms with Gasteiger partial charge in [0.1, 0.15) is 0 Å². The topological polar surface area (TPSA) is 64.4 Å². The molecule has 0 radical (unpaired) electrons. The number of hydrogen-bond donors (Lipinski definition) is 2. The van der Waals surface area contributed by atoms with Crippen molar-refractivity contribution >= 4 is 5.91 Å². The lowest BCUT2D eigenvalue weighted by Gasteiger charge is -2.29. The van der Waals surface area contributed by atoms with Crippen molar-refractivity contribution in [2.75, 3.05) is 19.8 Å². The van der Waals surface area contributed by atoms with Crippen LogP contribution in [0.15, 0.2) is 0 Å². The number of nitrogens with one attached hydrogen (secondary N) is 1. The Morgan fingerprint density at radius 3 is 2.56 bits per heavy atom. The lowest BCUT2D eigenvalue weighted by Crippen LogP contribution is -2.47. The van der Waals surface area contributed by atoms with E-state index in [2.05, 4.69) is 12.2 Å². The highest BCUT2D eigenvalue weighted by Crippen LogP contribution is 2.30. The van der Waals surface area contributed by atoms with Gasteiger partial charge in [-0.1, -0.05) is 0 Å². The van der Waals surface area contributed by atoms with Crippen LogP contribution in [-0.2, 0) is 9.53 Å². The fourth-order valence-electron chi connectivity index (χ4n) is 3.09. The van der Waals surface area contributed by atoms with Crippen molar-refractivity contribution < 1.29 is 9.53 Å². The minimum Gasteiger partial charge on any atom is -0.379 e.